The summed E-state index contributed by atoms with van der Waals surface area (Å²) in [6, 6.07) is 18.4. The van der Waals surface area contributed by atoms with Gasteiger partial charge in [0.1, 0.15) is 17.2 Å². The Morgan fingerprint density at radius 3 is 1.48 bits per heavy atom. The number of benzene rings is 3. The Morgan fingerprint density at radius 1 is 0.483 bits per heavy atom. The smallest absolute Gasteiger partial charge is 0.124 e. The molecule has 0 saturated carbocycles. The zero-order valence-electron chi connectivity index (χ0n) is 15.3. The van der Waals surface area contributed by atoms with Crippen LogP contribution >= 0.6 is 0 Å². The molecule has 7 nitrogen and oxygen atoms in total. The van der Waals surface area contributed by atoms with Gasteiger partial charge in [-0.1, -0.05) is 24.3 Å². The SMILES string of the molecule is Oc1ccccc1/C=N/N=C/c1ccc(O)c(/C=N/N=C/c2ccccc2O)c1. The highest BCUT2D eigenvalue weighted by atomic mass is 16.3. The van der Waals surface area contributed by atoms with Gasteiger partial charge >= 0.3 is 0 Å². The van der Waals surface area contributed by atoms with Crippen LogP contribution < -0.4 is 0 Å². The van der Waals surface area contributed by atoms with E-state index in [1.54, 1.807) is 60.7 Å². The van der Waals surface area contributed by atoms with Crippen LogP contribution in [0.5, 0.6) is 17.2 Å². The largest absolute Gasteiger partial charge is 0.507 e. The average Bonchev–Trinajstić information content (AvgIpc) is 2.73. The minimum absolute atomic E-state index is 0.0429. The molecule has 0 heterocycles. The van der Waals surface area contributed by atoms with Crippen molar-refractivity contribution < 1.29 is 15.3 Å². The van der Waals surface area contributed by atoms with E-state index in [4.69, 9.17) is 0 Å². The van der Waals surface area contributed by atoms with E-state index in [1.807, 2.05) is 0 Å². The minimum atomic E-state index is 0.0429. The lowest BCUT2D eigenvalue weighted by Crippen LogP contribution is -1.88. The minimum Gasteiger partial charge on any atom is -0.507 e. The summed E-state index contributed by atoms with van der Waals surface area (Å²) in [7, 11) is 0. The molecule has 0 aliphatic carbocycles. The van der Waals surface area contributed by atoms with Gasteiger partial charge in [0.05, 0.1) is 24.9 Å². The lowest BCUT2D eigenvalue weighted by Gasteiger charge is -1.99. The highest BCUT2D eigenvalue weighted by Crippen LogP contribution is 2.17. The Kier molecular flexibility index (Phi) is 6.46. The average molecular weight is 386 g/mol. The molecule has 3 N–H and O–H groups in total. The molecule has 0 aliphatic heterocycles. The quantitative estimate of drug-likeness (QED) is 0.444. The highest BCUT2D eigenvalue weighted by Gasteiger charge is 2.00. The van der Waals surface area contributed by atoms with Crippen LogP contribution in [0.3, 0.4) is 0 Å². The standard InChI is InChI=1S/C22H18N4O3/c27-20-7-3-1-5-17(20)13-24-23-12-16-9-10-22(29)19(11-16)15-26-25-14-18-6-2-4-8-21(18)28/h1-15,27-29H/b23-12+,24-13+,25-14+,26-15+. The van der Waals surface area contributed by atoms with Crippen molar-refractivity contribution in [1.29, 1.82) is 0 Å². The third-order valence-corrected chi connectivity index (χ3v) is 3.86. The topological polar surface area (TPSA) is 110 Å². The van der Waals surface area contributed by atoms with Gasteiger partial charge in [-0.25, -0.2) is 0 Å². The Labute approximate surface area is 167 Å². The van der Waals surface area contributed by atoms with Gasteiger partial charge in [0, 0.05) is 16.7 Å². The second kappa shape index (κ2) is 9.61. The molecule has 3 aromatic carbocycles. The molecule has 29 heavy (non-hydrogen) atoms. The van der Waals surface area contributed by atoms with Crippen molar-refractivity contribution in [3.8, 4) is 17.2 Å². The van der Waals surface area contributed by atoms with Crippen LogP contribution in [0.2, 0.25) is 0 Å². The molecule has 0 aliphatic rings. The first-order valence-electron chi connectivity index (χ1n) is 8.65. The molecule has 144 valence electrons. The van der Waals surface area contributed by atoms with E-state index in [0.29, 0.717) is 22.3 Å². The van der Waals surface area contributed by atoms with Crippen molar-refractivity contribution in [1.82, 2.24) is 0 Å². The number of hydrogen-bond acceptors (Lipinski definition) is 7. The lowest BCUT2D eigenvalue weighted by atomic mass is 10.1. The summed E-state index contributed by atoms with van der Waals surface area (Å²) in [6.45, 7) is 0. The van der Waals surface area contributed by atoms with Crippen molar-refractivity contribution in [3.63, 3.8) is 0 Å². The maximum Gasteiger partial charge on any atom is 0.124 e. The summed E-state index contributed by atoms with van der Waals surface area (Å²) in [5.41, 5.74) is 2.25. The van der Waals surface area contributed by atoms with Gasteiger partial charge in [0.15, 0.2) is 0 Å². The number of aromatic hydroxyl groups is 3. The number of nitrogens with zero attached hydrogens (tertiary/aromatic N) is 4. The first-order valence-corrected chi connectivity index (χ1v) is 8.65. The van der Waals surface area contributed by atoms with Gasteiger partial charge in [-0.2, -0.15) is 20.4 Å². The number of phenolic OH excluding ortho intramolecular Hbond substituents is 3. The number of hydrogen-bond donors (Lipinski definition) is 3. The maximum absolute atomic E-state index is 9.96. The normalized spacial score (nSPS) is 12.0. The summed E-state index contributed by atoms with van der Waals surface area (Å²) in [5, 5.41) is 44.9. The van der Waals surface area contributed by atoms with E-state index in [2.05, 4.69) is 20.4 Å². The van der Waals surface area contributed by atoms with Gasteiger partial charge in [-0.3, -0.25) is 0 Å². The predicted molar refractivity (Wildman–Crippen MR) is 115 cm³/mol. The fourth-order valence-electron chi connectivity index (χ4n) is 2.34. The third kappa shape index (κ3) is 5.61. The van der Waals surface area contributed by atoms with E-state index in [-0.39, 0.29) is 17.2 Å². The van der Waals surface area contributed by atoms with Crippen molar-refractivity contribution in [2.75, 3.05) is 0 Å². The predicted octanol–water partition coefficient (Wildman–Crippen LogP) is 3.71. The summed E-state index contributed by atoms with van der Waals surface area (Å²) < 4.78 is 0. The zero-order valence-corrected chi connectivity index (χ0v) is 15.3. The van der Waals surface area contributed by atoms with Crippen molar-refractivity contribution in [2.24, 2.45) is 20.4 Å². The summed E-state index contributed by atoms with van der Waals surface area (Å²) >= 11 is 0. The Balaban J connectivity index is 1.68. The van der Waals surface area contributed by atoms with Crippen LogP contribution in [-0.4, -0.2) is 40.2 Å². The third-order valence-electron chi connectivity index (χ3n) is 3.86. The van der Waals surface area contributed by atoms with Crippen LogP contribution in [0.25, 0.3) is 0 Å². The van der Waals surface area contributed by atoms with E-state index in [0.717, 1.165) is 0 Å². The Hall–Kier alpha value is -4.26. The summed E-state index contributed by atoms with van der Waals surface area (Å²) in [6.07, 6.45) is 5.78. The zero-order chi connectivity index (χ0) is 20.5. The first-order chi connectivity index (χ1) is 14.1. The molecule has 0 bridgehead atoms. The second-order valence-corrected chi connectivity index (χ2v) is 5.91. The van der Waals surface area contributed by atoms with Crippen LogP contribution in [0.4, 0.5) is 0 Å². The Morgan fingerprint density at radius 2 is 0.931 bits per heavy atom. The van der Waals surface area contributed by atoms with E-state index >= 15 is 0 Å². The lowest BCUT2D eigenvalue weighted by molar-refractivity contribution is 0.474. The molecule has 0 amide bonds. The van der Waals surface area contributed by atoms with E-state index in [9.17, 15) is 15.3 Å². The molecular weight excluding hydrogens is 368 g/mol. The fourth-order valence-corrected chi connectivity index (χ4v) is 2.34. The van der Waals surface area contributed by atoms with Gasteiger partial charge in [0.2, 0.25) is 0 Å². The van der Waals surface area contributed by atoms with Crippen molar-refractivity contribution >= 4 is 24.9 Å². The molecule has 0 radical (unpaired) electrons. The second-order valence-electron chi connectivity index (χ2n) is 5.91. The Bertz CT molecular complexity index is 1100. The van der Waals surface area contributed by atoms with Crippen LogP contribution in [0, 0.1) is 0 Å². The number of para-hydroxylation sites is 2. The molecule has 3 rings (SSSR count). The van der Waals surface area contributed by atoms with Gasteiger partial charge < -0.3 is 15.3 Å². The van der Waals surface area contributed by atoms with E-state index < -0.39 is 0 Å². The molecule has 0 atom stereocenters. The van der Waals surface area contributed by atoms with Gasteiger partial charge in [-0.05, 0) is 48.0 Å². The van der Waals surface area contributed by atoms with Crippen LogP contribution in [0.1, 0.15) is 22.3 Å². The van der Waals surface area contributed by atoms with Gasteiger partial charge in [-0.15, -0.1) is 0 Å². The molecule has 7 heteroatoms. The molecular formula is C22H18N4O3. The molecule has 0 unspecified atom stereocenters. The maximum atomic E-state index is 9.96. The number of phenols is 3. The summed E-state index contributed by atoms with van der Waals surface area (Å²) in [5.74, 6) is 0.275. The molecule has 0 spiro atoms. The summed E-state index contributed by atoms with van der Waals surface area (Å²) in [4.78, 5) is 0. The van der Waals surface area contributed by atoms with E-state index in [1.165, 1.54) is 30.9 Å². The van der Waals surface area contributed by atoms with Crippen LogP contribution in [0.15, 0.2) is 87.1 Å². The van der Waals surface area contributed by atoms with Crippen LogP contribution in [-0.2, 0) is 0 Å². The number of rotatable bonds is 6. The fraction of sp³-hybridized carbons (Fsp3) is 0. The molecule has 0 aromatic heterocycles. The van der Waals surface area contributed by atoms with Gasteiger partial charge in [0.25, 0.3) is 0 Å². The molecule has 3 aromatic rings. The molecule has 0 fully saturated rings. The first kappa shape index (κ1) is 19.5. The van der Waals surface area contributed by atoms with Crippen molar-refractivity contribution in [3.05, 3.63) is 89.0 Å². The highest BCUT2D eigenvalue weighted by molar-refractivity contribution is 5.90. The molecule has 0 saturated heterocycles. The monoisotopic (exact) mass is 386 g/mol. The van der Waals surface area contributed by atoms with Crippen molar-refractivity contribution in [2.45, 2.75) is 0 Å².